The van der Waals surface area contributed by atoms with E-state index < -0.39 is 0 Å². The SMILES string of the molecule is Nc1cc(Br)cc(OCC2COc3ccccc32)c1. The molecule has 3 rings (SSSR count). The summed E-state index contributed by atoms with van der Waals surface area (Å²) in [6.07, 6.45) is 0. The van der Waals surface area contributed by atoms with Crippen LogP contribution >= 0.6 is 15.9 Å². The fourth-order valence-electron chi connectivity index (χ4n) is 2.23. The Hall–Kier alpha value is -1.68. The number of benzene rings is 2. The minimum absolute atomic E-state index is 0.274. The first-order chi connectivity index (χ1) is 9.22. The smallest absolute Gasteiger partial charge is 0.123 e. The van der Waals surface area contributed by atoms with Crippen molar-refractivity contribution in [2.75, 3.05) is 18.9 Å². The molecule has 1 atom stereocenters. The minimum Gasteiger partial charge on any atom is -0.493 e. The molecule has 0 aliphatic carbocycles. The van der Waals surface area contributed by atoms with Crippen LogP contribution < -0.4 is 15.2 Å². The first kappa shape index (κ1) is 12.4. The van der Waals surface area contributed by atoms with Crippen LogP contribution in [0.15, 0.2) is 46.9 Å². The van der Waals surface area contributed by atoms with Gasteiger partial charge in [0.25, 0.3) is 0 Å². The molecule has 2 N–H and O–H groups in total. The second-order valence-corrected chi connectivity index (χ2v) is 5.49. The van der Waals surface area contributed by atoms with Crippen molar-refractivity contribution in [1.82, 2.24) is 0 Å². The molecule has 0 radical (unpaired) electrons. The highest BCUT2D eigenvalue weighted by molar-refractivity contribution is 9.10. The van der Waals surface area contributed by atoms with Gasteiger partial charge in [0.05, 0.1) is 19.1 Å². The van der Waals surface area contributed by atoms with Gasteiger partial charge in [-0.25, -0.2) is 0 Å². The van der Waals surface area contributed by atoms with Gasteiger partial charge in [-0.3, -0.25) is 0 Å². The van der Waals surface area contributed by atoms with Crippen molar-refractivity contribution in [1.29, 1.82) is 0 Å². The van der Waals surface area contributed by atoms with Crippen LogP contribution in [0.25, 0.3) is 0 Å². The Morgan fingerprint density at radius 3 is 2.95 bits per heavy atom. The third-order valence-corrected chi connectivity index (χ3v) is 3.60. The van der Waals surface area contributed by atoms with Gasteiger partial charge >= 0.3 is 0 Å². The van der Waals surface area contributed by atoms with Gasteiger partial charge in [-0.1, -0.05) is 34.1 Å². The molecule has 98 valence electrons. The lowest BCUT2D eigenvalue weighted by Gasteiger charge is -2.12. The number of nitrogens with two attached hydrogens (primary N) is 1. The van der Waals surface area contributed by atoms with Crippen molar-refractivity contribution in [2.24, 2.45) is 0 Å². The minimum atomic E-state index is 0.274. The molecule has 2 aromatic rings. The fourth-order valence-corrected chi connectivity index (χ4v) is 2.72. The number of hydrogen-bond donors (Lipinski definition) is 1. The maximum Gasteiger partial charge on any atom is 0.123 e. The van der Waals surface area contributed by atoms with Crippen LogP contribution in [0, 0.1) is 0 Å². The Bertz CT molecular complexity index is 580. The highest BCUT2D eigenvalue weighted by Crippen LogP contribution is 2.34. The number of para-hydroxylation sites is 1. The molecule has 1 aliphatic heterocycles. The first-order valence-electron chi connectivity index (χ1n) is 6.13. The van der Waals surface area contributed by atoms with Gasteiger partial charge in [-0.2, -0.15) is 0 Å². The molecule has 0 amide bonds. The molecule has 1 aliphatic rings. The van der Waals surface area contributed by atoms with Crippen LogP contribution in [0.2, 0.25) is 0 Å². The highest BCUT2D eigenvalue weighted by Gasteiger charge is 2.24. The van der Waals surface area contributed by atoms with Crippen LogP contribution in [0.5, 0.6) is 11.5 Å². The molecule has 3 nitrogen and oxygen atoms in total. The van der Waals surface area contributed by atoms with Gasteiger partial charge in [-0.15, -0.1) is 0 Å². The highest BCUT2D eigenvalue weighted by atomic mass is 79.9. The Kier molecular flexibility index (Phi) is 3.34. The summed E-state index contributed by atoms with van der Waals surface area (Å²) in [7, 11) is 0. The molecule has 0 saturated carbocycles. The van der Waals surface area contributed by atoms with Crippen molar-refractivity contribution in [3.63, 3.8) is 0 Å². The second-order valence-electron chi connectivity index (χ2n) is 4.58. The summed E-state index contributed by atoms with van der Waals surface area (Å²) in [4.78, 5) is 0. The molecule has 4 heteroatoms. The first-order valence-corrected chi connectivity index (χ1v) is 6.92. The number of rotatable bonds is 3. The van der Waals surface area contributed by atoms with E-state index in [4.69, 9.17) is 15.2 Å². The number of nitrogen functional groups attached to an aromatic ring is 1. The van der Waals surface area contributed by atoms with Crippen molar-refractivity contribution < 1.29 is 9.47 Å². The third kappa shape index (κ3) is 2.68. The zero-order valence-electron chi connectivity index (χ0n) is 10.3. The zero-order valence-corrected chi connectivity index (χ0v) is 11.9. The number of halogens is 1. The van der Waals surface area contributed by atoms with Gasteiger partial charge in [0.1, 0.15) is 11.5 Å². The predicted molar refractivity (Wildman–Crippen MR) is 78.7 cm³/mol. The predicted octanol–water partition coefficient (Wildman–Crippen LogP) is 3.59. The van der Waals surface area contributed by atoms with Crippen molar-refractivity contribution in [3.05, 3.63) is 52.5 Å². The quantitative estimate of drug-likeness (QED) is 0.879. The van der Waals surface area contributed by atoms with Crippen molar-refractivity contribution in [2.45, 2.75) is 5.92 Å². The number of hydrogen-bond acceptors (Lipinski definition) is 3. The van der Waals surface area contributed by atoms with Crippen LogP contribution in [0.4, 0.5) is 5.69 Å². The van der Waals surface area contributed by atoms with E-state index in [0.29, 0.717) is 18.9 Å². The van der Waals surface area contributed by atoms with Gasteiger partial charge in [-0.05, 0) is 18.2 Å². The van der Waals surface area contributed by atoms with E-state index in [-0.39, 0.29) is 5.92 Å². The summed E-state index contributed by atoms with van der Waals surface area (Å²) in [6.45, 7) is 1.26. The molecule has 1 unspecified atom stereocenters. The molecule has 0 bridgehead atoms. The van der Waals surface area contributed by atoms with Gasteiger partial charge in [0.2, 0.25) is 0 Å². The standard InChI is InChI=1S/C15H14BrNO2/c16-11-5-12(17)7-13(6-11)18-8-10-9-19-15-4-2-1-3-14(10)15/h1-7,10H,8-9,17H2. The largest absolute Gasteiger partial charge is 0.493 e. The maximum atomic E-state index is 5.82. The van der Waals surface area contributed by atoms with Crippen LogP contribution in [0.1, 0.15) is 11.5 Å². The fraction of sp³-hybridized carbons (Fsp3) is 0.200. The van der Waals surface area contributed by atoms with Gasteiger partial charge in [0.15, 0.2) is 0 Å². The lowest BCUT2D eigenvalue weighted by atomic mass is 10.0. The molecule has 0 fully saturated rings. The van der Waals surface area contributed by atoms with E-state index in [9.17, 15) is 0 Å². The van der Waals surface area contributed by atoms with Crippen LogP contribution in [-0.4, -0.2) is 13.2 Å². The lowest BCUT2D eigenvalue weighted by molar-refractivity contribution is 0.248. The molecule has 0 aromatic heterocycles. The second kappa shape index (κ2) is 5.13. The average Bonchev–Trinajstić information content (AvgIpc) is 2.78. The number of fused-ring (bicyclic) bond motifs is 1. The van der Waals surface area contributed by atoms with E-state index >= 15 is 0 Å². The zero-order chi connectivity index (χ0) is 13.2. The summed E-state index contributed by atoms with van der Waals surface area (Å²) in [5.74, 6) is 2.01. The lowest BCUT2D eigenvalue weighted by Crippen LogP contribution is -2.11. The Morgan fingerprint density at radius 2 is 2.11 bits per heavy atom. The molecule has 19 heavy (non-hydrogen) atoms. The molecule has 0 spiro atoms. The topological polar surface area (TPSA) is 44.5 Å². The number of anilines is 1. The van der Waals surface area contributed by atoms with E-state index in [1.165, 1.54) is 5.56 Å². The molecule has 1 heterocycles. The van der Waals surface area contributed by atoms with E-state index in [2.05, 4.69) is 22.0 Å². The van der Waals surface area contributed by atoms with Gasteiger partial charge in [0, 0.05) is 21.8 Å². The van der Waals surface area contributed by atoms with Crippen molar-refractivity contribution >= 4 is 21.6 Å². The van der Waals surface area contributed by atoms with Gasteiger partial charge < -0.3 is 15.2 Å². The summed E-state index contributed by atoms with van der Waals surface area (Å²) < 4.78 is 12.4. The molecule has 0 saturated heterocycles. The molecular formula is C15H14BrNO2. The summed E-state index contributed by atoms with van der Waals surface area (Å²) >= 11 is 3.41. The third-order valence-electron chi connectivity index (χ3n) is 3.14. The normalized spacial score (nSPS) is 16.8. The molecule has 2 aromatic carbocycles. The summed E-state index contributed by atoms with van der Waals surface area (Å²) in [6, 6.07) is 13.7. The Labute approximate surface area is 120 Å². The van der Waals surface area contributed by atoms with Crippen LogP contribution in [0.3, 0.4) is 0 Å². The van der Waals surface area contributed by atoms with E-state index in [0.717, 1.165) is 16.0 Å². The Morgan fingerprint density at radius 1 is 1.26 bits per heavy atom. The number of ether oxygens (including phenoxy) is 2. The Balaban J connectivity index is 1.70. The summed E-state index contributed by atoms with van der Waals surface area (Å²) in [5.41, 5.74) is 7.69. The van der Waals surface area contributed by atoms with E-state index in [1.807, 2.05) is 36.4 Å². The van der Waals surface area contributed by atoms with Crippen molar-refractivity contribution in [3.8, 4) is 11.5 Å². The van der Waals surface area contributed by atoms with E-state index in [1.54, 1.807) is 0 Å². The molecular weight excluding hydrogens is 306 g/mol. The summed E-state index contributed by atoms with van der Waals surface area (Å²) in [5, 5.41) is 0. The maximum absolute atomic E-state index is 5.82. The average molecular weight is 320 g/mol. The monoisotopic (exact) mass is 319 g/mol. The van der Waals surface area contributed by atoms with Crippen LogP contribution in [-0.2, 0) is 0 Å².